The molecule has 372 valence electrons. The quantitative estimate of drug-likeness (QED) is 0.0639. The first-order chi connectivity index (χ1) is 30.9. The summed E-state index contributed by atoms with van der Waals surface area (Å²) in [5, 5.41) is 128. The van der Waals surface area contributed by atoms with E-state index in [1.165, 1.54) is 7.11 Å². The fraction of sp³-hybridized carbons (Fsp3) is 0.889. The monoisotopic (exact) mass is 950 g/mol. The molecule has 29 heteroatoms. The second-order valence-corrected chi connectivity index (χ2v) is 15.9. The third-order valence-corrected chi connectivity index (χ3v) is 11.8. The number of aliphatic carboxylic acids is 2. The number of carboxylic acid groups (broad SMARTS) is 2. The van der Waals surface area contributed by atoms with Gasteiger partial charge in [0.2, 0.25) is 0 Å². The molecule has 26 unspecified atom stereocenters. The molecule has 0 aliphatic carbocycles. The van der Waals surface area contributed by atoms with Crippen molar-refractivity contribution in [1.29, 1.82) is 0 Å². The van der Waals surface area contributed by atoms with Crippen LogP contribution in [0, 0.1) is 11.8 Å². The SMILES string of the molecule is COC1COC(OC2COC(OC3COC(OC4COC(OC)C(OC5OC(C(=O)O)C(C=O)C(O)C5O)C4O)C(O)C3O)C(OC3OC(C(=O)O)C(C=O)C(O)C3O)C2O)C(O)C1O. The number of ether oxygens (including phenoxy) is 13. The minimum Gasteiger partial charge on any atom is -0.479 e. The van der Waals surface area contributed by atoms with Gasteiger partial charge in [0.25, 0.3) is 0 Å². The number of aldehydes is 2. The van der Waals surface area contributed by atoms with Gasteiger partial charge in [0.15, 0.2) is 49.9 Å². The van der Waals surface area contributed by atoms with Crippen LogP contribution in [-0.4, -0.2) is 274 Å². The Labute approximate surface area is 366 Å². The first kappa shape index (κ1) is 51.7. The molecule has 0 bridgehead atoms. The Morgan fingerprint density at radius 1 is 0.415 bits per heavy atom. The number of methoxy groups -OCH3 is 2. The summed E-state index contributed by atoms with van der Waals surface area (Å²) in [7, 11) is 2.41. The van der Waals surface area contributed by atoms with Crippen molar-refractivity contribution in [3.63, 3.8) is 0 Å². The van der Waals surface area contributed by atoms with Crippen molar-refractivity contribution >= 4 is 24.5 Å². The van der Waals surface area contributed by atoms with Gasteiger partial charge in [0, 0.05) is 14.2 Å². The molecule has 6 rings (SSSR count). The smallest absolute Gasteiger partial charge is 0.333 e. The molecule has 0 saturated carbocycles. The summed E-state index contributed by atoms with van der Waals surface area (Å²) < 4.78 is 71.9. The number of carbonyl (C=O) groups is 4. The molecule has 0 radical (unpaired) electrons. The van der Waals surface area contributed by atoms with Crippen LogP contribution >= 0.6 is 0 Å². The van der Waals surface area contributed by atoms with Crippen LogP contribution in [0.25, 0.3) is 0 Å². The molecule has 26 atom stereocenters. The van der Waals surface area contributed by atoms with Crippen LogP contribution in [0.15, 0.2) is 0 Å². The summed E-state index contributed by atoms with van der Waals surface area (Å²) in [6.07, 6.45) is -42.7. The van der Waals surface area contributed by atoms with Gasteiger partial charge < -0.3 is 132 Å². The average Bonchev–Trinajstić information content (AvgIpc) is 3.28. The molecule has 12 N–H and O–H groups in total. The molecule has 0 aromatic heterocycles. The predicted molar refractivity (Wildman–Crippen MR) is 193 cm³/mol. The van der Waals surface area contributed by atoms with E-state index in [0.717, 1.165) is 7.11 Å². The Hall–Kier alpha value is -2.64. The van der Waals surface area contributed by atoms with E-state index in [4.69, 9.17) is 61.6 Å². The number of carboxylic acids is 2. The first-order valence-electron chi connectivity index (χ1n) is 20.1. The summed E-state index contributed by atoms with van der Waals surface area (Å²) >= 11 is 0. The molecule has 0 spiro atoms. The van der Waals surface area contributed by atoms with Crippen molar-refractivity contribution in [3.05, 3.63) is 0 Å². The standard InChI is InChI=1S/C36H54O29/c1-53-11-5-55-31(23(47)17(11)41)60-14-8-58-36(28(20(14)44)65-34-22(46)16(40)10(4-38)26(63-34)30(51)52)61-12-6-56-32(24(48)18(12)42)59-13-7-57-35(54-2)27(19(13)43)64-33-21(45)15(39)9(3-37)25(62-33)29(49)50/h3-4,9-28,31-36,39-48H,5-8H2,1-2H3,(H,49,50)(H,51,52). The van der Waals surface area contributed by atoms with Crippen molar-refractivity contribution in [3.8, 4) is 0 Å². The molecule has 29 nitrogen and oxygen atoms in total. The molecular formula is C36H54O29. The Balaban J connectivity index is 1.13. The van der Waals surface area contributed by atoms with Crippen molar-refractivity contribution in [2.24, 2.45) is 11.8 Å². The molecule has 65 heavy (non-hydrogen) atoms. The molecular weight excluding hydrogens is 896 g/mol. The largest absolute Gasteiger partial charge is 0.479 e. The molecule has 6 saturated heterocycles. The molecule has 6 fully saturated rings. The molecule has 0 aromatic rings. The summed E-state index contributed by atoms with van der Waals surface area (Å²) in [4.78, 5) is 46.8. The zero-order chi connectivity index (χ0) is 47.6. The maximum absolute atomic E-state index is 11.9. The normalized spacial score (nSPS) is 49.7. The van der Waals surface area contributed by atoms with Gasteiger partial charge in [-0.05, 0) is 0 Å². The highest BCUT2D eigenvalue weighted by atomic mass is 16.8. The average molecular weight is 951 g/mol. The van der Waals surface area contributed by atoms with E-state index in [1.807, 2.05) is 0 Å². The van der Waals surface area contributed by atoms with Crippen LogP contribution in [0.4, 0.5) is 0 Å². The fourth-order valence-electron chi connectivity index (χ4n) is 8.03. The molecule has 0 amide bonds. The van der Waals surface area contributed by atoms with Gasteiger partial charge in [-0.25, -0.2) is 9.59 Å². The van der Waals surface area contributed by atoms with Gasteiger partial charge >= 0.3 is 11.9 Å². The highest BCUT2D eigenvalue weighted by Gasteiger charge is 2.56. The molecule has 0 aromatic carbocycles. The van der Waals surface area contributed by atoms with E-state index < -0.39 is 191 Å². The van der Waals surface area contributed by atoms with E-state index >= 15 is 0 Å². The van der Waals surface area contributed by atoms with E-state index in [2.05, 4.69) is 0 Å². The van der Waals surface area contributed by atoms with E-state index in [1.54, 1.807) is 0 Å². The Morgan fingerprint density at radius 2 is 0.754 bits per heavy atom. The number of carbonyl (C=O) groups excluding carboxylic acids is 2. The van der Waals surface area contributed by atoms with E-state index in [0.29, 0.717) is 0 Å². The summed E-state index contributed by atoms with van der Waals surface area (Å²) in [6.45, 7) is -1.97. The van der Waals surface area contributed by atoms with Crippen LogP contribution in [0.5, 0.6) is 0 Å². The van der Waals surface area contributed by atoms with Gasteiger partial charge in [-0.1, -0.05) is 0 Å². The van der Waals surface area contributed by atoms with Crippen molar-refractivity contribution in [2.45, 2.75) is 148 Å². The Kier molecular flexibility index (Phi) is 17.7. The third kappa shape index (κ3) is 10.8. The number of rotatable bonds is 16. The van der Waals surface area contributed by atoms with Gasteiger partial charge in [-0.3, -0.25) is 0 Å². The molecule has 6 aliphatic rings. The summed E-state index contributed by atoms with van der Waals surface area (Å²) in [6, 6.07) is 0. The topological polar surface area (TPSA) is 431 Å². The zero-order valence-corrected chi connectivity index (χ0v) is 34.3. The van der Waals surface area contributed by atoms with E-state index in [9.17, 15) is 80.5 Å². The lowest BCUT2D eigenvalue weighted by Gasteiger charge is -2.47. The lowest BCUT2D eigenvalue weighted by Crippen LogP contribution is -2.65. The van der Waals surface area contributed by atoms with Crippen LogP contribution < -0.4 is 0 Å². The summed E-state index contributed by atoms with van der Waals surface area (Å²) in [5.74, 6) is -6.83. The molecule has 6 heterocycles. The Bertz CT molecular complexity index is 1590. The van der Waals surface area contributed by atoms with Crippen LogP contribution in [0.3, 0.4) is 0 Å². The second kappa shape index (κ2) is 22.2. The highest BCUT2D eigenvalue weighted by Crippen LogP contribution is 2.35. The first-order valence-corrected chi connectivity index (χ1v) is 20.1. The van der Waals surface area contributed by atoms with Gasteiger partial charge in [0.1, 0.15) is 98.0 Å². The summed E-state index contributed by atoms with van der Waals surface area (Å²) in [5.41, 5.74) is 0. The van der Waals surface area contributed by atoms with Crippen molar-refractivity contribution in [2.75, 3.05) is 40.6 Å². The van der Waals surface area contributed by atoms with Crippen LogP contribution in [0.1, 0.15) is 0 Å². The number of hydrogen-bond acceptors (Lipinski definition) is 27. The van der Waals surface area contributed by atoms with E-state index in [-0.39, 0.29) is 19.2 Å². The lowest BCUT2D eigenvalue weighted by molar-refractivity contribution is -0.382. The number of aliphatic hydroxyl groups is 10. The minimum absolute atomic E-state index is 0.0554. The Morgan fingerprint density at radius 3 is 1.15 bits per heavy atom. The van der Waals surface area contributed by atoms with Crippen LogP contribution in [-0.2, 0) is 80.8 Å². The minimum atomic E-state index is -2.12. The van der Waals surface area contributed by atoms with Crippen molar-refractivity contribution in [1.82, 2.24) is 0 Å². The highest BCUT2D eigenvalue weighted by molar-refractivity contribution is 5.78. The number of aliphatic hydroxyl groups excluding tert-OH is 10. The fourth-order valence-corrected chi connectivity index (χ4v) is 8.03. The van der Waals surface area contributed by atoms with Crippen LogP contribution in [0.2, 0.25) is 0 Å². The zero-order valence-electron chi connectivity index (χ0n) is 34.3. The number of hydrogen-bond donors (Lipinski definition) is 12. The predicted octanol–water partition coefficient (Wildman–Crippen LogP) is -9.14. The molecule has 6 aliphatic heterocycles. The maximum Gasteiger partial charge on any atom is 0.333 e. The van der Waals surface area contributed by atoms with Crippen molar-refractivity contribution < 1.29 is 142 Å². The lowest BCUT2D eigenvalue weighted by atomic mass is 9.90. The van der Waals surface area contributed by atoms with Gasteiger partial charge in [0.05, 0.1) is 50.5 Å². The maximum atomic E-state index is 11.9. The second-order valence-electron chi connectivity index (χ2n) is 15.9. The van der Waals surface area contributed by atoms with Gasteiger partial charge in [-0.15, -0.1) is 0 Å². The third-order valence-electron chi connectivity index (χ3n) is 11.8. The van der Waals surface area contributed by atoms with Gasteiger partial charge in [-0.2, -0.15) is 0 Å².